The highest BCUT2D eigenvalue weighted by Gasteiger charge is 2.17. The first-order valence-electron chi connectivity index (χ1n) is 7.92. The summed E-state index contributed by atoms with van der Waals surface area (Å²) in [7, 11) is 3.01. The largest absolute Gasteiger partial charge is 0.493 e. The molecule has 3 rings (SSSR count). The summed E-state index contributed by atoms with van der Waals surface area (Å²) in [5, 5.41) is 0.184. The van der Waals surface area contributed by atoms with E-state index in [1.54, 1.807) is 11.6 Å². The second kappa shape index (κ2) is 6.76. The van der Waals surface area contributed by atoms with Gasteiger partial charge in [0.1, 0.15) is 5.75 Å². The van der Waals surface area contributed by atoms with Crippen molar-refractivity contribution in [3.8, 4) is 5.75 Å². The van der Waals surface area contributed by atoms with E-state index in [4.69, 9.17) is 16.3 Å². The Bertz CT molecular complexity index is 1050. The number of ether oxygens (including phenoxy) is 1. The lowest BCUT2D eigenvalue weighted by Gasteiger charge is -2.10. The number of imidazole rings is 1. The molecule has 0 aliphatic rings. The molecule has 0 aliphatic carbocycles. The second-order valence-corrected chi connectivity index (χ2v) is 6.22. The van der Waals surface area contributed by atoms with E-state index in [1.807, 2.05) is 31.2 Å². The molecule has 0 bridgehead atoms. The Morgan fingerprint density at radius 3 is 2.60 bits per heavy atom. The van der Waals surface area contributed by atoms with Crippen LogP contribution in [0.15, 0.2) is 33.9 Å². The van der Waals surface area contributed by atoms with Gasteiger partial charge in [0.15, 0.2) is 11.2 Å². The van der Waals surface area contributed by atoms with Gasteiger partial charge in [-0.2, -0.15) is 4.98 Å². The first-order chi connectivity index (χ1) is 11.9. The van der Waals surface area contributed by atoms with Crippen molar-refractivity contribution in [3.05, 3.63) is 56.0 Å². The van der Waals surface area contributed by atoms with E-state index in [9.17, 15) is 9.59 Å². The molecule has 0 N–H and O–H groups in total. The van der Waals surface area contributed by atoms with Crippen molar-refractivity contribution >= 4 is 22.8 Å². The molecule has 132 valence electrons. The number of para-hydroxylation sites is 1. The van der Waals surface area contributed by atoms with Crippen LogP contribution in [0.1, 0.15) is 12.0 Å². The number of hydrogen-bond acceptors (Lipinski definition) is 4. The van der Waals surface area contributed by atoms with Gasteiger partial charge in [-0.25, -0.2) is 4.79 Å². The molecular formula is C17H19ClN4O3. The molecule has 8 heteroatoms. The normalized spacial score (nSPS) is 11.2. The Labute approximate surface area is 149 Å². The molecule has 0 fully saturated rings. The average Bonchev–Trinajstić information content (AvgIpc) is 2.93. The molecule has 0 atom stereocenters. The van der Waals surface area contributed by atoms with Gasteiger partial charge in [-0.1, -0.05) is 18.2 Å². The molecule has 0 radical (unpaired) electrons. The lowest BCUT2D eigenvalue weighted by Crippen LogP contribution is -2.37. The van der Waals surface area contributed by atoms with Crippen molar-refractivity contribution in [1.29, 1.82) is 0 Å². The minimum absolute atomic E-state index is 0.184. The molecule has 1 aromatic carbocycles. The highest BCUT2D eigenvalue weighted by Crippen LogP contribution is 2.18. The molecule has 7 nitrogen and oxygen atoms in total. The van der Waals surface area contributed by atoms with Gasteiger partial charge in [-0.3, -0.25) is 13.9 Å². The number of aryl methyl sites for hydroxylation is 3. The summed E-state index contributed by atoms with van der Waals surface area (Å²) in [6, 6.07) is 7.78. The van der Waals surface area contributed by atoms with E-state index in [2.05, 4.69) is 4.98 Å². The van der Waals surface area contributed by atoms with Crippen LogP contribution < -0.4 is 16.0 Å². The Hall–Kier alpha value is -2.54. The maximum absolute atomic E-state index is 12.4. The van der Waals surface area contributed by atoms with Crippen molar-refractivity contribution in [2.75, 3.05) is 6.61 Å². The fraction of sp³-hybridized carbons (Fsp3) is 0.353. The van der Waals surface area contributed by atoms with Gasteiger partial charge in [-0.05, 0) is 36.6 Å². The molecule has 0 spiro atoms. The minimum atomic E-state index is -0.429. The molecule has 0 aliphatic heterocycles. The SMILES string of the molecule is Cc1ccccc1OCCCn1c(Cl)nc2c1c(=O)n(C)c(=O)n2C. The summed E-state index contributed by atoms with van der Waals surface area (Å²) in [4.78, 5) is 28.6. The van der Waals surface area contributed by atoms with E-state index >= 15 is 0 Å². The fourth-order valence-corrected chi connectivity index (χ4v) is 3.00. The summed E-state index contributed by atoms with van der Waals surface area (Å²) >= 11 is 6.18. The number of fused-ring (bicyclic) bond motifs is 1. The molecule has 0 saturated heterocycles. The standard InChI is InChI=1S/C17H19ClN4O3/c1-11-7-4-5-8-12(11)25-10-6-9-22-13-14(19-16(22)18)20(2)17(24)21(3)15(13)23/h4-5,7-8H,6,9-10H2,1-3H3. The van der Waals surface area contributed by atoms with Crippen LogP contribution >= 0.6 is 11.6 Å². The number of benzene rings is 1. The Kier molecular flexibility index (Phi) is 4.67. The van der Waals surface area contributed by atoms with E-state index in [-0.39, 0.29) is 10.9 Å². The highest BCUT2D eigenvalue weighted by atomic mass is 35.5. The fourth-order valence-electron chi connectivity index (χ4n) is 2.75. The monoisotopic (exact) mass is 362 g/mol. The van der Waals surface area contributed by atoms with Gasteiger partial charge < -0.3 is 9.30 Å². The van der Waals surface area contributed by atoms with E-state index < -0.39 is 11.2 Å². The van der Waals surface area contributed by atoms with Crippen molar-refractivity contribution in [3.63, 3.8) is 0 Å². The first kappa shape index (κ1) is 17.3. The van der Waals surface area contributed by atoms with Gasteiger partial charge in [0, 0.05) is 20.6 Å². The quantitative estimate of drug-likeness (QED) is 0.513. The van der Waals surface area contributed by atoms with E-state index in [0.29, 0.717) is 25.1 Å². The van der Waals surface area contributed by atoms with Crippen LogP contribution in [0.25, 0.3) is 11.2 Å². The second-order valence-electron chi connectivity index (χ2n) is 5.88. The molecule has 25 heavy (non-hydrogen) atoms. The third-order valence-electron chi connectivity index (χ3n) is 4.18. The molecule has 3 aromatic rings. The van der Waals surface area contributed by atoms with Crippen molar-refractivity contribution in [2.45, 2.75) is 19.9 Å². The number of hydrogen-bond donors (Lipinski definition) is 0. The third kappa shape index (κ3) is 3.07. The highest BCUT2D eigenvalue weighted by molar-refractivity contribution is 6.29. The summed E-state index contributed by atoms with van der Waals surface area (Å²) in [5.41, 5.74) is 0.847. The smallest absolute Gasteiger partial charge is 0.332 e. The molecular weight excluding hydrogens is 344 g/mol. The predicted molar refractivity (Wildman–Crippen MR) is 96.5 cm³/mol. The van der Waals surface area contributed by atoms with Crippen LogP contribution in [0.2, 0.25) is 5.28 Å². The van der Waals surface area contributed by atoms with Crippen LogP contribution in [0.4, 0.5) is 0 Å². The Morgan fingerprint density at radius 2 is 1.88 bits per heavy atom. The van der Waals surface area contributed by atoms with E-state index in [0.717, 1.165) is 15.9 Å². The van der Waals surface area contributed by atoms with Crippen LogP contribution in [0.5, 0.6) is 5.75 Å². The van der Waals surface area contributed by atoms with Crippen LogP contribution in [-0.4, -0.2) is 25.3 Å². The van der Waals surface area contributed by atoms with Crippen LogP contribution in [0, 0.1) is 6.92 Å². The zero-order valence-electron chi connectivity index (χ0n) is 14.3. The third-order valence-corrected chi connectivity index (χ3v) is 4.47. The molecule has 0 unspecified atom stereocenters. The average molecular weight is 363 g/mol. The summed E-state index contributed by atoms with van der Waals surface area (Å²) in [5.74, 6) is 0.836. The van der Waals surface area contributed by atoms with Crippen LogP contribution in [0.3, 0.4) is 0 Å². The summed E-state index contributed by atoms with van der Waals surface area (Å²) in [6.07, 6.45) is 0.644. The zero-order chi connectivity index (χ0) is 18.1. The van der Waals surface area contributed by atoms with Gasteiger partial charge >= 0.3 is 5.69 Å². The predicted octanol–water partition coefficient (Wildman–Crippen LogP) is 1.86. The maximum Gasteiger partial charge on any atom is 0.332 e. The Morgan fingerprint density at radius 1 is 1.16 bits per heavy atom. The van der Waals surface area contributed by atoms with Gasteiger partial charge in [-0.15, -0.1) is 0 Å². The summed E-state index contributed by atoms with van der Waals surface area (Å²) in [6.45, 7) is 2.93. The molecule has 0 saturated carbocycles. The topological polar surface area (TPSA) is 71.1 Å². The minimum Gasteiger partial charge on any atom is -0.493 e. The Balaban J connectivity index is 1.83. The number of aromatic nitrogens is 4. The lowest BCUT2D eigenvalue weighted by molar-refractivity contribution is 0.300. The molecule has 2 aromatic heterocycles. The maximum atomic E-state index is 12.4. The van der Waals surface area contributed by atoms with Crippen LogP contribution in [-0.2, 0) is 20.6 Å². The first-order valence-corrected chi connectivity index (χ1v) is 8.29. The van der Waals surface area contributed by atoms with Gasteiger partial charge in [0.05, 0.1) is 6.61 Å². The molecule has 0 amide bonds. The number of rotatable bonds is 5. The molecule has 2 heterocycles. The van der Waals surface area contributed by atoms with Crippen molar-refractivity contribution in [2.24, 2.45) is 14.1 Å². The van der Waals surface area contributed by atoms with Crippen molar-refractivity contribution < 1.29 is 4.74 Å². The van der Waals surface area contributed by atoms with Gasteiger partial charge in [0.2, 0.25) is 5.28 Å². The zero-order valence-corrected chi connectivity index (χ0v) is 15.1. The summed E-state index contributed by atoms with van der Waals surface area (Å²) < 4.78 is 9.77. The lowest BCUT2D eigenvalue weighted by atomic mass is 10.2. The number of halogens is 1. The van der Waals surface area contributed by atoms with E-state index in [1.165, 1.54) is 11.6 Å². The van der Waals surface area contributed by atoms with Gasteiger partial charge in [0.25, 0.3) is 5.56 Å². The van der Waals surface area contributed by atoms with Crippen molar-refractivity contribution in [1.82, 2.24) is 18.7 Å². The number of nitrogens with zero attached hydrogens (tertiary/aromatic N) is 4.